The van der Waals surface area contributed by atoms with E-state index in [1.807, 2.05) is 0 Å². The maximum atomic E-state index is 11.7. The second kappa shape index (κ2) is 5.73. The van der Waals surface area contributed by atoms with E-state index in [1.165, 1.54) is 25.7 Å². The fraction of sp³-hybridized carbons (Fsp3) is 1.00. The first-order chi connectivity index (χ1) is 12.7. The quantitative estimate of drug-likeness (QED) is 0.599. The highest BCUT2D eigenvalue weighted by atomic mass is 16.3. The van der Waals surface area contributed by atoms with Gasteiger partial charge in [-0.15, -0.1) is 0 Å². The van der Waals surface area contributed by atoms with Crippen LogP contribution >= 0.6 is 0 Å². The zero-order valence-electron chi connectivity index (χ0n) is 17.7. The van der Waals surface area contributed by atoms with Crippen molar-refractivity contribution in [3.63, 3.8) is 0 Å². The first-order valence-corrected chi connectivity index (χ1v) is 11.8. The minimum Gasteiger partial charge on any atom is -0.393 e. The van der Waals surface area contributed by atoms with Gasteiger partial charge in [0.05, 0.1) is 17.8 Å². The van der Waals surface area contributed by atoms with Crippen LogP contribution < -0.4 is 0 Å². The van der Waals surface area contributed by atoms with Crippen LogP contribution in [0.25, 0.3) is 0 Å². The number of fused-ring (bicyclic) bond motifs is 10. The lowest BCUT2D eigenvalue weighted by molar-refractivity contribution is -0.230. The zero-order valence-corrected chi connectivity index (χ0v) is 17.7. The molecular formula is C24H40O3. The summed E-state index contributed by atoms with van der Waals surface area (Å²) in [5.41, 5.74) is -0.514. The van der Waals surface area contributed by atoms with Gasteiger partial charge in [0.2, 0.25) is 0 Å². The molecule has 6 fully saturated rings. The van der Waals surface area contributed by atoms with E-state index in [9.17, 15) is 15.3 Å². The third-order valence-corrected chi connectivity index (χ3v) is 10.4. The van der Waals surface area contributed by atoms with Crippen LogP contribution in [-0.4, -0.2) is 33.1 Å². The van der Waals surface area contributed by atoms with Gasteiger partial charge in [-0.05, 0) is 90.8 Å². The Morgan fingerprint density at radius 3 is 2.30 bits per heavy atom. The van der Waals surface area contributed by atoms with Crippen molar-refractivity contribution in [1.29, 1.82) is 0 Å². The Morgan fingerprint density at radius 2 is 1.59 bits per heavy atom. The van der Waals surface area contributed by atoms with Gasteiger partial charge < -0.3 is 15.3 Å². The normalized spacial score (nSPS) is 64.8. The van der Waals surface area contributed by atoms with Crippen molar-refractivity contribution in [2.75, 3.05) is 0 Å². The number of aliphatic hydroxyl groups is 3. The summed E-state index contributed by atoms with van der Waals surface area (Å²) in [5.74, 6) is 4.44. The largest absolute Gasteiger partial charge is 0.393 e. The average Bonchev–Trinajstić information content (AvgIpc) is 3.50. The second-order valence-electron chi connectivity index (χ2n) is 11.7. The smallest absolute Gasteiger partial charge is 0.0759 e. The summed E-state index contributed by atoms with van der Waals surface area (Å²) in [6, 6.07) is 0. The molecule has 27 heavy (non-hydrogen) atoms. The molecule has 6 rings (SSSR count). The number of aliphatic hydroxyl groups excluding tert-OH is 2. The molecule has 3 N–H and O–H groups in total. The van der Waals surface area contributed by atoms with Crippen molar-refractivity contribution in [1.82, 2.24) is 0 Å². The van der Waals surface area contributed by atoms with Crippen molar-refractivity contribution in [2.24, 2.45) is 52.3 Å². The molecule has 12 atom stereocenters. The Bertz CT molecular complexity index is 621. The summed E-state index contributed by atoms with van der Waals surface area (Å²) >= 11 is 0. The second-order valence-corrected chi connectivity index (χ2v) is 11.7. The van der Waals surface area contributed by atoms with Gasteiger partial charge >= 0.3 is 0 Å². The summed E-state index contributed by atoms with van der Waals surface area (Å²) < 4.78 is 0. The van der Waals surface area contributed by atoms with Crippen LogP contribution in [0.4, 0.5) is 0 Å². The number of hydrogen-bond acceptors (Lipinski definition) is 3. The van der Waals surface area contributed by atoms with E-state index in [0.717, 1.165) is 31.1 Å². The molecule has 12 unspecified atom stereocenters. The Morgan fingerprint density at radius 1 is 0.889 bits per heavy atom. The lowest BCUT2D eigenvalue weighted by Crippen LogP contribution is -2.64. The predicted octanol–water partition coefficient (Wildman–Crippen LogP) is 3.99. The van der Waals surface area contributed by atoms with Crippen LogP contribution in [0.1, 0.15) is 79.1 Å². The molecule has 0 aliphatic heterocycles. The van der Waals surface area contributed by atoms with Crippen LogP contribution in [0.15, 0.2) is 0 Å². The minimum atomic E-state index is -0.635. The summed E-state index contributed by atoms with van der Waals surface area (Å²) in [7, 11) is 0. The fourth-order valence-electron chi connectivity index (χ4n) is 9.09. The summed E-state index contributed by atoms with van der Waals surface area (Å²) in [4.78, 5) is 0. The van der Waals surface area contributed by atoms with Crippen LogP contribution in [0.3, 0.4) is 0 Å². The molecule has 0 aromatic rings. The molecule has 0 radical (unpaired) electrons. The van der Waals surface area contributed by atoms with E-state index in [-0.39, 0.29) is 23.0 Å². The van der Waals surface area contributed by atoms with Crippen LogP contribution in [-0.2, 0) is 0 Å². The third kappa shape index (κ3) is 2.20. The highest BCUT2D eigenvalue weighted by Crippen LogP contribution is 2.79. The van der Waals surface area contributed by atoms with Gasteiger partial charge in [-0.3, -0.25) is 0 Å². The molecule has 0 aromatic heterocycles. The molecule has 6 aliphatic carbocycles. The molecule has 0 aromatic carbocycles. The Labute approximate surface area is 164 Å². The minimum absolute atomic E-state index is 0.0200. The summed E-state index contributed by atoms with van der Waals surface area (Å²) in [6.45, 7) is 8.97. The number of hydrogen-bond donors (Lipinski definition) is 3. The Kier molecular flexibility index (Phi) is 4.01. The van der Waals surface area contributed by atoms with Gasteiger partial charge in [0, 0.05) is 6.42 Å². The van der Waals surface area contributed by atoms with E-state index in [2.05, 4.69) is 27.7 Å². The van der Waals surface area contributed by atoms with Gasteiger partial charge in [-0.2, -0.15) is 0 Å². The summed E-state index contributed by atoms with van der Waals surface area (Å²) in [6.07, 6.45) is 8.03. The molecule has 0 bridgehead atoms. The topological polar surface area (TPSA) is 60.7 Å². The van der Waals surface area contributed by atoms with Gasteiger partial charge in [0.1, 0.15) is 0 Å². The molecule has 6 saturated carbocycles. The molecule has 0 saturated heterocycles. The lowest BCUT2D eigenvalue weighted by Gasteiger charge is -2.64. The molecule has 0 spiro atoms. The lowest BCUT2D eigenvalue weighted by atomic mass is 9.43. The maximum absolute atomic E-state index is 11.7. The van der Waals surface area contributed by atoms with Crippen LogP contribution in [0, 0.1) is 52.3 Å². The summed E-state index contributed by atoms with van der Waals surface area (Å²) in [5, 5.41) is 32.8. The first-order valence-electron chi connectivity index (χ1n) is 11.8. The zero-order chi connectivity index (χ0) is 19.4. The first kappa shape index (κ1) is 18.9. The highest BCUT2D eigenvalue weighted by Gasteiger charge is 2.78. The molecular weight excluding hydrogens is 336 g/mol. The third-order valence-electron chi connectivity index (χ3n) is 10.4. The van der Waals surface area contributed by atoms with Crippen molar-refractivity contribution in [2.45, 2.75) is 96.9 Å². The van der Waals surface area contributed by atoms with E-state index in [1.54, 1.807) is 0 Å². The van der Waals surface area contributed by atoms with E-state index in [4.69, 9.17) is 0 Å². The fourth-order valence-corrected chi connectivity index (χ4v) is 9.09. The van der Waals surface area contributed by atoms with Crippen LogP contribution in [0.5, 0.6) is 0 Å². The monoisotopic (exact) mass is 376 g/mol. The van der Waals surface area contributed by atoms with Crippen molar-refractivity contribution in [3.8, 4) is 0 Å². The Balaban J connectivity index is 0.000000504. The van der Waals surface area contributed by atoms with E-state index < -0.39 is 5.60 Å². The molecule has 0 heterocycles. The standard InChI is InChI=1S/C21H32O3.C3H8/c1-19-5-4-14-16(17(19)11-7-12(11)18(19)23)13-8-15(13)21(24)9-10(22)3-6-20(14,21)2;1-3-2/h10-18,22-24H,3-9H2,1-2H3;3H2,1-2H3. The van der Waals surface area contributed by atoms with Gasteiger partial charge in [0.25, 0.3) is 0 Å². The van der Waals surface area contributed by atoms with Crippen LogP contribution in [0.2, 0.25) is 0 Å². The molecule has 6 aliphatic rings. The molecule has 154 valence electrons. The van der Waals surface area contributed by atoms with Crippen molar-refractivity contribution >= 4 is 0 Å². The highest BCUT2D eigenvalue weighted by molar-refractivity contribution is 5.26. The molecule has 3 nitrogen and oxygen atoms in total. The van der Waals surface area contributed by atoms with E-state index >= 15 is 0 Å². The van der Waals surface area contributed by atoms with Gasteiger partial charge in [0.15, 0.2) is 0 Å². The molecule has 3 heteroatoms. The maximum Gasteiger partial charge on any atom is 0.0759 e. The van der Waals surface area contributed by atoms with Gasteiger partial charge in [-0.25, -0.2) is 0 Å². The SMILES string of the molecule is CC12CCC3C(C4CC4C4(O)CC(O)CCC34C)C1C1CC1C2O.CCC. The van der Waals surface area contributed by atoms with Crippen molar-refractivity contribution in [3.05, 3.63) is 0 Å². The van der Waals surface area contributed by atoms with E-state index in [0.29, 0.717) is 36.0 Å². The molecule has 0 amide bonds. The van der Waals surface area contributed by atoms with Gasteiger partial charge in [-0.1, -0.05) is 34.1 Å². The average molecular weight is 377 g/mol. The predicted molar refractivity (Wildman–Crippen MR) is 106 cm³/mol. The number of rotatable bonds is 0. The van der Waals surface area contributed by atoms with Crippen molar-refractivity contribution < 1.29 is 15.3 Å². The Hall–Kier alpha value is -0.120.